The van der Waals surface area contributed by atoms with Gasteiger partial charge in [-0.05, 0) is 55.8 Å². The predicted molar refractivity (Wildman–Crippen MR) is 104 cm³/mol. The second-order valence-electron chi connectivity index (χ2n) is 6.76. The normalized spacial score (nSPS) is 20.4. The lowest BCUT2D eigenvalue weighted by Gasteiger charge is -2.45. The van der Waals surface area contributed by atoms with Gasteiger partial charge in [0.25, 0.3) is 0 Å². The molecular weight excluding hydrogens is 367 g/mol. The molecule has 1 aliphatic rings. The Morgan fingerprint density at radius 2 is 1.81 bits per heavy atom. The summed E-state index contributed by atoms with van der Waals surface area (Å²) in [4.78, 5) is 15.8. The minimum Gasteiger partial charge on any atom is -0.473 e. The van der Waals surface area contributed by atoms with Crippen LogP contribution in [0.5, 0.6) is 5.75 Å². The number of nitrogens with zero attached hydrogens (tertiary/aromatic N) is 2. The molecule has 0 N–H and O–H groups in total. The van der Waals surface area contributed by atoms with Gasteiger partial charge < -0.3 is 9.64 Å². The molecule has 27 heavy (non-hydrogen) atoms. The number of piperazine rings is 1. The molecule has 0 amide bonds. The van der Waals surface area contributed by atoms with E-state index in [0.717, 1.165) is 5.56 Å². The number of rotatable bonds is 5. The van der Waals surface area contributed by atoms with Crippen molar-refractivity contribution in [3.8, 4) is 5.75 Å². The van der Waals surface area contributed by atoms with Gasteiger partial charge in [0, 0.05) is 24.2 Å². The van der Waals surface area contributed by atoms with Crippen molar-refractivity contribution in [2.24, 2.45) is 0 Å². The molecule has 0 aromatic heterocycles. The Labute approximate surface area is 163 Å². The maximum absolute atomic E-state index is 13.1. The van der Waals surface area contributed by atoms with Gasteiger partial charge in [-0.25, -0.2) is 9.18 Å². The Hall–Kier alpha value is -2.33. The lowest BCUT2D eigenvalue weighted by Crippen LogP contribution is -2.55. The second-order valence-corrected chi connectivity index (χ2v) is 7.20. The lowest BCUT2D eigenvalue weighted by molar-refractivity contribution is 0.0368. The summed E-state index contributed by atoms with van der Waals surface area (Å²) in [6, 6.07) is 13.6. The highest BCUT2D eigenvalue weighted by atomic mass is 35.5. The van der Waals surface area contributed by atoms with Gasteiger partial charge in [-0.15, -0.1) is 0 Å². The first-order valence-electron chi connectivity index (χ1n) is 8.86. The molecule has 0 bridgehead atoms. The molecule has 142 valence electrons. The predicted octanol–water partition coefficient (Wildman–Crippen LogP) is 4.13. The van der Waals surface area contributed by atoms with E-state index in [0.29, 0.717) is 29.6 Å². The number of hydrogen-bond acceptors (Lipinski definition) is 4. The SMILES string of the molecule is C[C@@H]1C(=C=O)N(COc2ccc(Cl)cc2)C[C@H](C)N1Cc1ccc(F)cc1. The lowest BCUT2D eigenvalue weighted by atomic mass is 10.0. The molecule has 2 atom stereocenters. The molecular formula is C21H22ClFN2O2. The van der Waals surface area contributed by atoms with Crippen LogP contribution in [0, 0.1) is 5.82 Å². The quantitative estimate of drug-likeness (QED) is 0.721. The van der Waals surface area contributed by atoms with Gasteiger partial charge in [0.1, 0.15) is 23.2 Å². The van der Waals surface area contributed by atoms with E-state index in [4.69, 9.17) is 16.3 Å². The highest BCUT2D eigenvalue weighted by Crippen LogP contribution is 2.26. The Bertz CT molecular complexity index is 815. The molecule has 1 heterocycles. The van der Waals surface area contributed by atoms with Crippen LogP contribution in [0.3, 0.4) is 0 Å². The van der Waals surface area contributed by atoms with Crippen LogP contribution >= 0.6 is 11.6 Å². The summed E-state index contributed by atoms with van der Waals surface area (Å²) in [6.45, 7) is 5.64. The van der Waals surface area contributed by atoms with Crippen LogP contribution in [0.4, 0.5) is 4.39 Å². The van der Waals surface area contributed by atoms with Crippen molar-refractivity contribution in [1.82, 2.24) is 9.80 Å². The fraction of sp³-hybridized carbons (Fsp3) is 0.333. The standard InChI is InChI=1S/C21H22ClFN2O2/c1-15-11-24(14-27-20-9-5-18(22)6-10-20)21(13-26)16(2)25(15)12-17-3-7-19(23)8-4-17/h3-10,15-16H,11-12,14H2,1-2H3/t15-,16+/m0/s1. The Morgan fingerprint density at radius 3 is 2.44 bits per heavy atom. The average molecular weight is 389 g/mol. The van der Waals surface area contributed by atoms with E-state index in [1.165, 1.54) is 12.1 Å². The van der Waals surface area contributed by atoms with Gasteiger partial charge in [-0.2, -0.15) is 0 Å². The van der Waals surface area contributed by atoms with Gasteiger partial charge in [-0.1, -0.05) is 23.7 Å². The van der Waals surface area contributed by atoms with Crippen LogP contribution in [-0.2, 0) is 11.3 Å². The van der Waals surface area contributed by atoms with Gasteiger partial charge in [-0.3, -0.25) is 4.90 Å². The van der Waals surface area contributed by atoms with Gasteiger partial charge >= 0.3 is 0 Å². The molecule has 2 aromatic carbocycles. The number of hydrogen-bond donors (Lipinski definition) is 0. The van der Waals surface area contributed by atoms with E-state index < -0.39 is 0 Å². The summed E-state index contributed by atoms with van der Waals surface area (Å²) in [5, 5.41) is 0.646. The minimum absolute atomic E-state index is 0.120. The first-order chi connectivity index (χ1) is 13.0. The first kappa shape index (κ1) is 19.4. The first-order valence-corrected chi connectivity index (χ1v) is 9.24. The van der Waals surface area contributed by atoms with Crippen LogP contribution in [0.1, 0.15) is 19.4 Å². The van der Waals surface area contributed by atoms with Crippen molar-refractivity contribution in [3.63, 3.8) is 0 Å². The summed E-state index contributed by atoms with van der Waals surface area (Å²) < 4.78 is 18.9. The van der Waals surface area contributed by atoms with Gasteiger partial charge in [0.05, 0.1) is 6.04 Å². The molecule has 3 rings (SSSR count). The van der Waals surface area contributed by atoms with E-state index >= 15 is 0 Å². The largest absolute Gasteiger partial charge is 0.473 e. The molecule has 0 radical (unpaired) electrons. The minimum atomic E-state index is -0.252. The molecule has 1 fully saturated rings. The van der Waals surface area contributed by atoms with Gasteiger partial charge in [0.15, 0.2) is 6.73 Å². The van der Waals surface area contributed by atoms with Gasteiger partial charge in [0.2, 0.25) is 0 Å². The molecule has 4 nitrogen and oxygen atoms in total. The van der Waals surface area contributed by atoms with Crippen molar-refractivity contribution in [2.45, 2.75) is 32.5 Å². The zero-order valence-corrected chi connectivity index (χ0v) is 16.1. The van der Waals surface area contributed by atoms with E-state index in [1.54, 1.807) is 36.4 Å². The average Bonchev–Trinajstić information content (AvgIpc) is 2.66. The molecule has 1 aliphatic heterocycles. The summed E-state index contributed by atoms with van der Waals surface area (Å²) in [5.74, 6) is 2.53. The van der Waals surface area contributed by atoms with E-state index in [9.17, 15) is 9.18 Å². The van der Waals surface area contributed by atoms with E-state index in [-0.39, 0.29) is 24.6 Å². The van der Waals surface area contributed by atoms with Crippen molar-refractivity contribution >= 4 is 17.5 Å². The molecule has 0 aliphatic carbocycles. The summed E-state index contributed by atoms with van der Waals surface area (Å²) in [6.07, 6.45) is 0. The molecule has 0 unspecified atom stereocenters. The third kappa shape index (κ3) is 4.69. The Kier molecular flexibility index (Phi) is 6.17. The van der Waals surface area contributed by atoms with E-state index in [1.807, 2.05) is 11.8 Å². The molecule has 1 saturated heterocycles. The zero-order valence-electron chi connectivity index (χ0n) is 15.4. The molecule has 0 spiro atoms. The summed E-state index contributed by atoms with van der Waals surface area (Å²) >= 11 is 5.89. The Morgan fingerprint density at radius 1 is 1.15 bits per heavy atom. The van der Waals surface area contributed by atoms with Crippen LogP contribution in [0.15, 0.2) is 54.2 Å². The highest BCUT2D eigenvalue weighted by molar-refractivity contribution is 6.30. The number of halogens is 2. The van der Waals surface area contributed by atoms with E-state index in [2.05, 4.69) is 17.8 Å². The maximum Gasteiger partial charge on any atom is 0.161 e. The fourth-order valence-corrected chi connectivity index (χ4v) is 3.50. The summed E-state index contributed by atoms with van der Waals surface area (Å²) in [5.41, 5.74) is 1.57. The van der Waals surface area contributed by atoms with Crippen molar-refractivity contribution in [1.29, 1.82) is 0 Å². The second kappa shape index (κ2) is 8.57. The monoisotopic (exact) mass is 388 g/mol. The number of benzene rings is 2. The molecule has 0 saturated carbocycles. The number of ether oxygens (including phenoxy) is 1. The zero-order chi connectivity index (χ0) is 19.4. The Balaban J connectivity index is 1.68. The summed E-state index contributed by atoms with van der Waals surface area (Å²) in [7, 11) is 0. The van der Waals surface area contributed by atoms with Crippen LogP contribution < -0.4 is 4.74 Å². The fourth-order valence-electron chi connectivity index (χ4n) is 3.37. The van der Waals surface area contributed by atoms with Crippen molar-refractivity contribution in [2.75, 3.05) is 13.3 Å². The smallest absolute Gasteiger partial charge is 0.161 e. The van der Waals surface area contributed by atoms with Crippen LogP contribution in [0.25, 0.3) is 0 Å². The van der Waals surface area contributed by atoms with Crippen LogP contribution in [-0.4, -0.2) is 41.1 Å². The maximum atomic E-state index is 13.1. The topological polar surface area (TPSA) is 32.8 Å². The molecule has 2 aromatic rings. The highest BCUT2D eigenvalue weighted by Gasteiger charge is 2.34. The number of carbonyl (C=O) groups excluding carboxylic acids is 1. The third-order valence-corrected chi connectivity index (χ3v) is 5.12. The van der Waals surface area contributed by atoms with Crippen LogP contribution in [0.2, 0.25) is 5.02 Å². The third-order valence-electron chi connectivity index (χ3n) is 4.87. The molecule has 6 heteroatoms. The van der Waals surface area contributed by atoms with Crippen molar-refractivity contribution < 1.29 is 13.9 Å². The van der Waals surface area contributed by atoms with Crippen molar-refractivity contribution in [3.05, 3.63) is 70.6 Å².